The van der Waals surface area contributed by atoms with Gasteiger partial charge in [0.1, 0.15) is 17.2 Å². The Balaban J connectivity index is 2.51. The first-order chi connectivity index (χ1) is 11.3. The molecular formula is C16H18BrNO5S. The normalized spacial score (nSPS) is 11.0. The summed E-state index contributed by atoms with van der Waals surface area (Å²) in [5, 5.41) is 0. The van der Waals surface area contributed by atoms with Crippen molar-refractivity contribution in [2.24, 2.45) is 0 Å². The van der Waals surface area contributed by atoms with Gasteiger partial charge in [0.05, 0.1) is 36.4 Å². The van der Waals surface area contributed by atoms with Crippen molar-refractivity contribution in [3.8, 4) is 17.2 Å². The van der Waals surface area contributed by atoms with Gasteiger partial charge in [0.2, 0.25) is 0 Å². The Morgan fingerprint density at radius 1 is 0.917 bits per heavy atom. The van der Waals surface area contributed by atoms with E-state index in [0.717, 1.165) is 4.31 Å². The molecule has 6 nitrogen and oxygen atoms in total. The van der Waals surface area contributed by atoms with Crippen LogP contribution < -0.4 is 18.5 Å². The van der Waals surface area contributed by atoms with Gasteiger partial charge < -0.3 is 14.2 Å². The summed E-state index contributed by atoms with van der Waals surface area (Å²) in [6, 6.07) is 9.54. The second-order valence-electron chi connectivity index (χ2n) is 4.81. The molecule has 0 saturated heterocycles. The summed E-state index contributed by atoms with van der Waals surface area (Å²) >= 11 is 3.30. The molecule has 0 bridgehead atoms. The van der Waals surface area contributed by atoms with Gasteiger partial charge in [0.15, 0.2) is 0 Å². The third kappa shape index (κ3) is 3.44. The molecule has 2 aromatic carbocycles. The number of halogens is 1. The first kappa shape index (κ1) is 18.4. The third-order valence-corrected chi connectivity index (χ3v) is 5.89. The van der Waals surface area contributed by atoms with Crippen molar-refractivity contribution >= 4 is 31.6 Å². The molecule has 0 amide bonds. The second kappa shape index (κ2) is 7.31. The van der Waals surface area contributed by atoms with E-state index in [1.54, 1.807) is 24.3 Å². The maximum absolute atomic E-state index is 12.9. The van der Waals surface area contributed by atoms with E-state index < -0.39 is 10.0 Å². The SMILES string of the molecule is COc1ccc(OC)c(N(C)S(=O)(=O)c2ccc(OC)c(Br)c2)c1. The second-order valence-corrected chi connectivity index (χ2v) is 7.63. The molecule has 0 aliphatic heterocycles. The number of methoxy groups -OCH3 is 3. The fraction of sp³-hybridized carbons (Fsp3) is 0.250. The molecule has 8 heteroatoms. The fourth-order valence-corrected chi connectivity index (χ4v) is 4.05. The Morgan fingerprint density at radius 3 is 2.08 bits per heavy atom. The van der Waals surface area contributed by atoms with Crippen LogP contribution in [0.4, 0.5) is 5.69 Å². The molecule has 0 N–H and O–H groups in total. The maximum Gasteiger partial charge on any atom is 0.264 e. The average molecular weight is 416 g/mol. The lowest BCUT2D eigenvalue weighted by Crippen LogP contribution is -2.27. The van der Waals surface area contributed by atoms with Crippen molar-refractivity contribution in [2.45, 2.75) is 4.90 Å². The Labute approximate surface area is 150 Å². The van der Waals surface area contributed by atoms with Crippen LogP contribution in [0.1, 0.15) is 0 Å². The van der Waals surface area contributed by atoms with Crippen molar-refractivity contribution in [3.63, 3.8) is 0 Å². The Bertz CT molecular complexity index is 838. The topological polar surface area (TPSA) is 65.1 Å². The maximum atomic E-state index is 12.9. The minimum absolute atomic E-state index is 0.127. The largest absolute Gasteiger partial charge is 0.497 e. The predicted octanol–water partition coefficient (Wildman–Crippen LogP) is 3.30. The van der Waals surface area contributed by atoms with Gasteiger partial charge in [-0.05, 0) is 46.3 Å². The lowest BCUT2D eigenvalue weighted by molar-refractivity contribution is 0.404. The molecule has 0 unspecified atom stereocenters. The molecular weight excluding hydrogens is 398 g/mol. The Kier molecular flexibility index (Phi) is 5.61. The summed E-state index contributed by atoms with van der Waals surface area (Å²) in [6.45, 7) is 0. The summed E-state index contributed by atoms with van der Waals surface area (Å²) in [5.41, 5.74) is 0.379. The first-order valence-electron chi connectivity index (χ1n) is 6.89. The minimum atomic E-state index is -3.78. The van der Waals surface area contributed by atoms with E-state index in [2.05, 4.69) is 15.9 Å². The third-order valence-electron chi connectivity index (χ3n) is 3.51. The summed E-state index contributed by atoms with van der Waals surface area (Å²) in [5.74, 6) is 1.51. The average Bonchev–Trinajstić information content (AvgIpc) is 2.60. The highest BCUT2D eigenvalue weighted by atomic mass is 79.9. The van der Waals surface area contributed by atoms with Crippen LogP contribution in [0, 0.1) is 0 Å². The molecule has 0 saturated carbocycles. The highest BCUT2D eigenvalue weighted by Crippen LogP contribution is 2.36. The van der Waals surface area contributed by atoms with Crippen molar-refractivity contribution in [1.29, 1.82) is 0 Å². The fourth-order valence-electron chi connectivity index (χ4n) is 2.14. The van der Waals surface area contributed by atoms with Gasteiger partial charge in [-0.2, -0.15) is 0 Å². The summed E-state index contributed by atoms with van der Waals surface area (Å²) < 4.78 is 43.1. The van der Waals surface area contributed by atoms with Gasteiger partial charge in [-0.15, -0.1) is 0 Å². The summed E-state index contributed by atoms with van der Waals surface area (Å²) in [4.78, 5) is 0.127. The van der Waals surface area contributed by atoms with Gasteiger partial charge in [-0.25, -0.2) is 8.42 Å². The van der Waals surface area contributed by atoms with Crippen LogP contribution in [0.15, 0.2) is 45.8 Å². The molecule has 130 valence electrons. The minimum Gasteiger partial charge on any atom is -0.497 e. The van der Waals surface area contributed by atoms with Crippen LogP contribution in [-0.4, -0.2) is 36.8 Å². The molecule has 0 heterocycles. The van der Waals surface area contributed by atoms with Crippen molar-refractivity contribution in [3.05, 3.63) is 40.9 Å². The van der Waals surface area contributed by atoms with Crippen LogP contribution in [0.3, 0.4) is 0 Å². The molecule has 0 radical (unpaired) electrons. The smallest absolute Gasteiger partial charge is 0.264 e. The molecule has 0 fully saturated rings. The number of sulfonamides is 1. The van der Waals surface area contributed by atoms with E-state index in [9.17, 15) is 8.42 Å². The van der Waals surface area contributed by atoms with Crippen LogP contribution in [0.25, 0.3) is 0 Å². The van der Waals surface area contributed by atoms with Crippen LogP contribution >= 0.6 is 15.9 Å². The molecule has 0 aromatic heterocycles. The van der Waals surface area contributed by atoms with Gasteiger partial charge in [-0.1, -0.05) is 0 Å². The Hall–Kier alpha value is -1.93. The van der Waals surface area contributed by atoms with E-state index in [1.807, 2.05) is 0 Å². The Morgan fingerprint density at radius 2 is 1.54 bits per heavy atom. The van der Waals surface area contributed by atoms with E-state index >= 15 is 0 Å². The number of anilines is 1. The summed E-state index contributed by atoms with van der Waals surface area (Å²) in [6.07, 6.45) is 0. The molecule has 2 aromatic rings. The van der Waals surface area contributed by atoms with Gasteiger partial charge >= 0.3 is 0 Å². The number of hydrogen-bond acceptors (Lipinski definition) is 5. The molecule has 2 rings (SSSR count). The standard InChI is InChI=1S/C16H18BrNO5S/c1-18(14-9-11(21-2)5-7-16(14)23-4)24(19,20)12-6-8-15(22-3)13(17)10-12/h5-10H,1-4H3. The number of ether oxygens (including phenoxy) is 3. The zero-order valence-electron chi connectivity index (χ0n) is 13.7. The van der Waals surface area contributed by atoms with E-state index in [4.69, 9.17) is 14.2 Å². The van der Waals surface area contributed by atoms with Crippen molar-refractivity contribution in [1.82, 2.24) is 0 Å². The van der Waals surface area contributed by atoms with Crippen LogP contribution in [-0.2, 0) is 10.0 Å². The number of rotatable bonds is 6. The molecule has 0 aliphatic rings. The van der Waals surface area contributed by atoms with Gasteiger partial charge in [0.25, 0.3) is 10.0 Å². The monoisotopic (exact) mass is 415 g/mol. The molecule has 0 atom stereocenters. The zero-order chi connectivity index (χ0) is 17.9. The summed E-state index contributed by atoms with van der Waals surface area (Å²) in [7, 11) is 2.19. The lowest BCUT2D eigenvalue weighted by atomic mass is 10.3. The lowest BCUT2D eigenvalue weighted by Gasteiger charge is -2.22. The number of hydrogen-bond donors (Lipinski definition) is 0. The molecule has 0 aliphatic carbocycles. The predicted molar refractivity (Wildman–Crippen MR) is 95.8 cm³/mol. The number of nitrogens with zero attached hydrogens (tertiary/aromatic N) is 1. The quantitative estimate of drug-likeness (QED) is 0.723. The first-order valence-corrected chi connectivity index (χ1v) is 9.13. The van der Waals surface area contributed by atoms with Crippen LogP contribution in [0.2, 0.25) is 0 Å². The highest BCUT2D eigenvalue weighted by molar-refractivity contribution is 9.10. The van der Waals surface area contributed by atoms with E-state index in [-0.39, 0.29) is 4.90 Å². The van der Waals surface area contributed by atoms with Crippen molar-refractivity contribution < 1.29 is 22.6 Å². The van der Waals surface area contributed by atoms with Gasteiger partial charge in [0, 0.05) is 13.1 Å². The van der Waals surface area contributed by atoms with E-state index in [1.165, 1.54) is 40.5 Å². The van der Waals surface area contributed by atoms with Gasteiger partial charge in [-0.3, -0.25) is 4.31 Å². The van der Waals surface area contributed by atoms with Crippen LogP contribution in [0.5, 0.6) is 17.2 Å². The zero-order valence-corrected chi connectivity index (χ0v) is 16.1. The van der Waals surface area contributed by atoms with Crippen molar-refractivity contribution in [2.75, 3.05) is 32.7 Å². The van der Waals surface area contributed by atoms with E-state index in [0.29, 0.717) is 27.4 Å². The molecule has 0 spiro atoms. The number of benzene rings is 2. The highest BCUT2D eigenvalue weighted by Gasteiger charge is 2.25. The molecule has 24 heavy (non-hydrogen) atoms.